The van der Waals surface area contributed by atoms with Gasteiger partial charge in [-0.2, -0.15) is 0 Å². The molecule has 1 atom stereocenters. The van der Waals surface area contributed by atoms with E-state index in [1.807, 2.05) is 6.92 Å². The molecule has 2 fully saturated rings. The number of anilines is 3. The molecule has 0 unspecified atom stereocenters. The number of benzene rings is 2. The summed E-state index contributed by atoms with van der Waals surface area (Å²) in [6, 6.07) is 5.53. The molecule has 0 spiro atoms. The van der Waals surface area contributed by atoms with Crippen molar-refractivity contribution in [2.24, 2.45) is 0 Å². The quantitative estimate of drug-likeness (QED) is 0.499. The third-order valence-corrected chi connectivity index (χ3v) is 7.38. The number of carbonyl (C=O) groups excluding carboxylic acids is 2. The number of aromatic nitrogens is 1. The minimum Gasteiger partial charge on any atom is -0.442 e. The van der Waals surface area contributed by atoms with Crippen LogP contribution in [0.3, 0.4) is 0 Å². The molecule has 0 radical (unpaired) electrons. The first-order valence-electron chi connectivity index (χ1n) is 13.1. The minimum absolute atomic E-state index is 0.00437. The lowest BCUT2D eigenvalue weighted by Gasteiger charge is -2.38. The maximum atomic E-state index is 15.7. The molecule has 12 heteroatoms. The molecular weight excluding hydrogens is 527 g/mol. The molecule has 2 amide bonds. The molecule has 1 aromatic heterocycles. The van der Waals surface area contributed by atoms with Crippen LogP contribution in [0.25, 0.3) is 10.9 Å². The molecule has 2 aromatic carbocycles. The van der Waals surface area contributed by atoms with E-state index in [-0.39, 0.29) is 48.7 Å². The van der Waals surface area contributed by atoms with Gasteiger partial charge < -0.3 is 24.4 Å². The normalized spacial score (nSPS) is 17.5. The van der Waals surface area contributed by atoms with Crippen molar-refractivity contribution < 1.29 is 27.5 Å². The molecule has 9 nitrogen and oxygen atoms in total. The van der Waals surface area contributed by atoms with Gasteiger partial charge in [0, 0.05) is 51.4 Å². The van der Waals surface area contributed by atoms with Gasteiger partial charge >= 0.3 is 6.09 Å². The Morgan fingerprint density at radius 3 is 2.40 bits per heavy atom. The first kappa shape index (κ1) is 27.4. The number of fused-ring (bicyclic) bond motifs is 1. The molecule has 0 aliphatic carbocycles. The largest absolute Gasteiger partial charge is 0.442 e. The van der Waals surface area contributed by atoms with Crippen LogP contribution in [0.5, 0.6) is 0 Å². The van der Waals surface area contributed by atoms with Gasteiger partial charge in [-0.05, 0) is 38.1 Å². The number of piperazine rings is 1. The lowest BCUT2D eigenvalue weighted by Crippen LogP contribution is -2.47. The van der Waals surface area contributed by atoms with Crippen LogP contribution in [0.2, 0.25) is 0 Å². The summed E-state index contributed by atoms with van der Waals surface area (Å²) in [5, 5.41) is 2.60. The monoisotopic (exact) mass is 557 g/mol. The van der Waals surface area contributed by atoms with Gasteiger partial charge in [0.1, 0.15) is 23.4 Å². The highest BCUT2D eigenvalue weighted by atomic mass is 19.1. The fourth-order valence-corrected chi connectivity index (χ4v) is 5.35. The van der Waals surface area contributed by atoms with Gasteiger partial charge in [-0.1, -0.05) is 0 Å². The summed E-state index contributed by atoms with van der Waals surface area (Å²) in [6.45, 7) is 6.60. The van der Waals surface area contributed by atoms with Crippen LogP contribution in [-0.4, -0.2) is 61.9 Å². The molecule has 2 saturated heterocycles. The van der Waals surface area contributed by atoms with Gasteiger partial charge in [-0.25, -0.2) is 18.0 Å². The van der Waals surface area contributed by atoms with E-state index in [1.54, 1.807) is 39.6 Å². The molecule has 2 aliphatic rings. The first-order valence-corrected chi connectivity index (χ1v) is 13.1. The van der Waals surface area contributed by atoms with E-state index in [9.17, 15) is 14.4 Å². The number of hydrogen-bond acceptors (Lipinski definition) is 6. The number of pyridine rings is 1. The number of nitrogens with one attached hydrogen (secondary N) is 1. The van der Waals surface area contributed by atoms with Crippen molar-refractivity contribution >= 4 is 40.0 Å². The van der Waals surface area contributed by atoms with E-state index >= 15 is 13.2 Å². The Morgan fingerprint density at radius 2 is 1.75 bits per heavy atom. The van der Waals surface area contributed by atoms with Crippen molar-refractivity contribution in [3.05, 3.63) is 63.7 Å². The summed E-state index contributed by atoms with van der Waals surface area (Å²) >= 11 is 0. The molecular formula is C28H30F3N5O4. The number of carbonyl (C=O) groups is 2. The van der Waals surface area contributed by atoms with E-state index in [1.165, 1.54) is 17.9 Å². The van der Waals surface area contributed by atoms with Gasteiger partial charge in [0.25, 0.3) is 0 Å². The van der Waals surface area contributed by atoms with Crippen LogP contribution in [0.4, 0.5) is 35.0 Å². The Balaban J connectivity index is 1.32. The average molecular weight is 558 g/mol. The highest BCUT2D eigenvalue weighted by Crippen LogP contribution is 2.33. The van der Waals surface area contributed by atoms with E-state index in [2.05, 4.69) is 5.32 Å². The predicted molar refractivity (Wildman–Crippen MR) is 146 cm³/mol. The predicted octanol–water partition coefficient (Wildman–Crippen LogP) is 3.54. The fraction of sp³-hybridized carbons (Fsp3) is 0.393. The Hall–Kier alpha value is -4.22. The lowest BCUT2D eigenvalue weighted by atomic mass is 10.1. The average Bonchev–Trinajstić information content (AvgIpc) is 3.30. The standard InChI is InChI=1S/C28H30F3N5O4/c1-4-33-14-16(2)27(38)20-12-22(30)26(24(31)25(20)33)35-9-7-34(8-10-35)23-6-5-18(11-21(23)29)36-15-19(40-28(36)39)13-32-17(3)37/h5-6,11-12,14,19H,4,7-10,13,15H2,1-3H3,(H,32,37)/t19-/m0/s1. The van der Waals surface area contributed by atoms with E-state index in [0.717, 1.165) is 6.07 Å². The van der Waals surface area contributed by atoms with Gasteiger partial charge in [0.2, 0.25) is 5.91 Å². The molecule has 3 heterocycles. The summed E-state index contributed by atoms with van der Waals surface area (Å²) < 4.78 is 52.9. The smallest absolute Gasteiger partial charge is 0.414 e. The fourth-order valence-electron chi connectivity index (χ4n) is 5.35. The molecule has 5 rings (SSSR count). The highest BCUT2D eigenvalue weighted by Gasteiger charge is 2.33. The lowest BCUT2D eigenvalue weighted by molar-refractivity contribution is -0.119. The summed E-state index contributed by atoms with van der Waals surface area (Å²) in [4.78, 5) is 40.6. The van der Waals surface area contributed by atoms with Crippen LogP contribution >= 0.6 is 0 Å². The first-order chi connectivity index (χ1) is 19.1. The molecule has 0 saturated carbocycles. The Labute approximate surface area is 228 Å². The number of ether oxygens (including phenoxy) is 1. The van der Waals surface area contributed by atoms with Gasteiger partial charge in [-0.15, -0.1) is 0 Å². The van der Waals surface area contributed by atoms with Crippen LogP contribution in [0, 0.1) is 24.4 Å². The number of hydrogen-bond donors (Lipinski definition) is 1. The van der Waals surface area contributed by atoms with E-state index in [0.29, 0.717) is 36.6 Å². The molecule has 0 bridgehead atoms. The third kappa shape index (κ3) is 4.93. The maximum absolute atomic E-state index is 15.7. The van der Waals surface area contributed by atoms with Crippen molar-refractivity contribution in [2.45, 2.75) is 33.4 Å². The van der Waals surface area contributed by atoms with Crippen LogP contribution < -0.4 is 25.4 Å². The second-order valence-electron chi connectivity index (χ2n) is 10.0. The summed E-state index contributed by atoms with van der Waals surface area (Å²) in [7, 11) is 0. The number of halogens is 3. The Bertz CT molecular complexity index is 1550. The second-order valence-corrected chi connectivity index (χ2v) is 10.0. The molecule has 2 aliphatic heterocycles. The van der Waals surface area contributed by atoms with Crippen molar-refractivity contribution in [3.8, 4) is 0 Å². The summed E-state index contributed by atoms with van der Waals surface area (Å²) in [5.41, 5.74) is 0.508. The second kappa shape index (κ2) is 10.7. The van der Waals surface area contributed by atoms with Crippen molar-refractivity contribution in [3.63, 3.8) is 0 Å². The summed E-state index contributed by atoms with van der Waals surface area (Å²) in [5.74, 6) is -2.39. The number of amides is 2. The maximum Gasteiger partial charge on any atom is 0.414 e. The zero-order chi connectivity index (χ0) is 28.7. The zero-order valence-electron chi connectivity index (χ0n) is 22.5. The molecule has 3 aromatic rings. The minimum atomic E-state index is -0.811. The number of aryl methyl sites for hydroxylation is 2. The zero-order valence-corrected chi connectivity index (χ0v) is 22.5. The van der Waals surface area contributed by atoms with Crippen molar-refractivity contribution in [2.75, 3.05) is 54.0 Å². The SMILES string of the molecule is CCn1cc(C)c(=O)c2cc(F)c(N3CCN(c4ccc(N5C[C@H](CNC(C)=O)OC5=O)cc4F)CC3)c(F)c21. The Morgan fingerprint density at radius 1 is 1.05 bits per heavy atom. The van der Waals surface area contributed by atoms with Gasteiger partial charge in [0.05, 0.1) is 35.4 Å². The van der Waals surface area contributed by atoms with Crippen molar-refractivity contribution in [1.82, 2.24) is 9.88 Å². The number of rotatable bonds is 6. The third-order valence-electron chi connectivity index (χ3n) is 7.38. The number of nitrogens with zero attached hydrogens (tertiary/aromatic N) is 4. The number of cyclic esters (lactones) is 1. The molecule has 212 valence electrons. The summed E-state index contributed by atoms with van der Waals surface area (Å²) in [6.07, 6.45) is 0.406. The van der Waals surface area contributed by atoms with E-state index < -0.39 is 35.1 Å². The Kier molecular flexibility index (Phi) is 7.35. The molecule has 40 heavy (non-hydrogen) atoms. The van der Waals surface area contributed by atoms with Crippen LogP contribution in [0.15, 0.2) is 35.3 Å². The van der Waals surface area contributed by atoms with Crippen LogP contribution in [-0.2, 0) is 16.1 Å². The molecule has 1 N–H and O–H groups in total. The van der Waals surface area contributed by atoms with Gasteiger partial charge in [-0.3, -0.25) is 14.5 Å². The van der Waals surface area contributed by atoms with Crippen molar-refractivity contribution in [1.29, 1.82) is 0 Å². The van der Waals surface area contributed by atoms with Crippen LogP contribution in [0.1, 0.15) is 19.4 Å². The van der Waals surface area contributed by atoms with Gasteiger partial charge in [0.15, 0.2) is 11.2 Å². The van der Waals surface area contributed by atoms with E-state index in [4.69, 9.17) is 4.74 Å². The highest BCUT2D eigenvalue weighted by molar-refractivity contribution is 5.90. The topological polar surface area (TPSA) is 87.1 Å².